The topological polar surface area (TPSA) is 31.4 Å². The van der Waals surface area contributed by atoms with E-state index in [-0.39, 0.29) is 0 Å². The Balaban J connectivity index is 1.99. The minimum absolute atomic E-state index is 0.360. The van der Waals surface area contributed by atoms with Crippen molar-refractivity contribution in [3.63, 3.8) is 0 Å². The van der Waals surface area contributed by atoms with E-state index >= 15 is 0 Å². The first kappa shape index (κ1) is 15.3. The van der Waals surface area contributed by atoms with Gasteiger partial charge in [-0.25, -0.2) is 4.98 Å². The normalized spacial score (nSPS) is 20.6. The molecule has 2 heterocycles. The van der Waals surface area contributed by atoms with Crippen LogP contribution in [-0.2, 0) is 0 Å². The summed E-state index contributed by atoms with van der Waals surface area (Å²) >= 11 is 0. The van der Waals surface area contributed by atoms with Crippen LogP contribution in [-0.4, -0.2) is 49.2 Å². The maximum absolute atomic E-state index is 4.64. The molecule has 20 heavy (non-hydrogen) atoms. The molecule has 0 saturated carbocycles. The third kappa shape index (κ3) is 3.30. The summed E-state index contributed by atoms with van der Waals surface area (Å²) in [7, 11) is 1.98. The number of aromatic nitrogens is 1. The summed E-state index contributed by atoms with van der Waals surface area (Å²) in [6.45, 7) is 11.2. The van der Waals surface area contributed by atoms with Crippen LogP contribution in [0.4, 0.5) is 5.82 Å². The molecule has 1 aromatic heterocycles. The minimum Gasteiger partial charge on any atom is -0.355 e. The molecular weight excluding hydrogens is 248 g/mol. The molecule has 0 radical (unpaired) electrons. The van der Waals surface area contributed by atoms with E-state index in [4.69, 9.17) is 0 Å². The quantitative estimate of drug-likeness (QED) is 0.864. The summed E-state index contributed by atoms with van der Waals surface area (Å²) in [4.78, 5) is 9.61. The maximum atomic E-state index is 4.64. The summed E-state index contributed by atoms with van der Waals surface area (Å²) in [5.41, 5.74) is 1.25. The average molecular weight is 276 g/mol. The van der Waals surface area contributed by atoms with Crippen LogP contribution in [0.15, 0.2) is 18.3 Å². The van der Waals surface area contributed by atoms with Crippen molar-refractivity contribution in [2.45, 2.75) is 39.3 Å². The smallest absolute Gasteiger partial charge is 0.128 e. The van der Waals surface area contributed by atoms with Gasteiger partial charge in [-0.2, -0.15) is 0 Å². The Kier molecular flexibility index (Phi) is 5.38. The van der Waals surface area contributed by atoms with Crippen LogP contribution in [0.3, 0.4) is 0 Å². The van der Waals surface area contributed by atoms with Crippen LogP contribution in [0.25, 0.3) is 0 Å². The highest BCUT2D eigenvalue weighted by atomic mass is 15.3. The predicted octanol–water partition coefficient (Wildman–Crippen LogP) is 2.28. The van der Waals surface area contributed by atoms with Gasteiger partial charge >= 0.3 is 0 Å². The largest absolute Gasteiger partial charge is 0.355 e. The van der Waals surface area contributed by atoms with Crippen LogP contribution in [0.5, 0.6) is 0 Å². The van der Waals surface area contributed by atoms with Gasteiger partial charge in [0.2, 0.25) is 0 Å². The molecule has 4 heteroatoms. The van der Waals surface area contributed by atoms with E-state index in [1.54, 1.807) is 0 Å². The van der Waals surface area contributed by atoms with E-state index in [2.05, 4.69) is 53.0 Å². The molecule has 0 amide bonds. The lowest BCUT2D eigenvalue weighted by molar-refractivity contribution is 0.232. The molecule has 1 saturated heterocycles. The zero-order chi connectivity index (χ0) is 14.5. The van der Waals surface area contributed by atoms with Crippen molar-refractivity contribution in [1.82, 2.24) is 15.2 Å². The van der Waals surface area contributed by atoms with Crippen molar-refractivity contribution in [3.05, 3.63) is 23.9 Å². The Morgan fingerprint density at radius 2 is 2.15 bits per heavy atom. The first-order valence-corrected chi connectivity index (χ1v) is 7.81. The van der Waals surface area contributed by atoms with Gasteiger partial charge in [0, 0.05) is 31.4 Å². The van der Waals surface area contributed by atoms with Gasteiger partial charge in [0.25, 0.3) is 0 Å². The van der Waals surface area contributed by atoms with Gasteiger partial charge in [-0.05, 0) is 45.1 Å². The molecule has 1 fully saturated rings. The van der Waals surface area contributed by atoms with Gasteiger partial charge in [0.15, 0.2) is 0 Å². The summed E-state index contributed by atoms with van der Waals surface area (Å²) in [5.74, 6) is 1.12. The van der Waals surface area contributed by atoms with Crippen molar-refractivity contribution in [1.29, 1.82) is 0 Å². The van der Waals surface area contributed by atoms with Crippen molar-refractivity contribution < 1.29 is 0 Å². The number of hydrogen-bond donors (Lipinski definition) is 1. The highest BCUT2D eigenvalue weighted by Gasteiger charge is 2.26. The molecule has 1 aliphatic heterocycles. The Hall–Kier alpha value is -1.13. The second kappa shape index (κ2) is 7.04. The van der Waals surface area contributed by atoms with Crippen molar-refractivity contribution in [3.8, 4) is 0 Å². The van der Waals surface area contributed by atoms with E-state index in [0.29, 0.717) is 12.1 Å². The molecule has 1 aromatic rings. The third-order valence-corrected chi connectivity index (χ3v) is 4.52. The lowest BCUT2D eigenvalue weighted by atomic mass is 10.1. The van der Waals surface area contributed by atoms with Gasteiger partial charge in [0.1, 0.15) is 5.82 Å². The standard InChI is InChI=1S/C16H28N4/c1-5-19(6-2)15-9-10-20(12-15)16-8-7-14(11-18-16)13(3)17-4/h7-8,11,13,15,17H,5-6,9-10,12H2,1-4H3. The number of nitrogens with one attached hydrogen (secondary N) is 1. The van der Waals surface area contributed by atoms with E-state index in [1.165, 1.54) is 12.0 Å². The van der Waals surface area contributed by atoms with Gasteiger partial charge in [0.05, 0.1) is 0 Å². The van der Waals surface area contributed by atoms with Crippen molar-refractivity contribution in [2.24, 2.45) is 0 Å². The van der Waals surface area contributed by atoms with Crippen molar-refractivity contribution in [2.75, 3.05) is 38.1 Å². The molecule has 112 valence electrons. The fourth-order valence-electron chi connectivity index (χ4n) is 3.00. The Morgan fingerprint density at radius 1 is 1.40 bits per heavy atom. The van der Waals surface area contributed by atoms with Gasteiger partial charge < -0.3 is 10.2 Å². The van der Waals surface area contributed by atoms with Gasteiger partial charge in [-0.3, -0.25) is 4.90 Å². The summed E-state index contributed by atoms with van der Waals surface area (Å²) in [6, 6.07) is 5.39. The van der Waals surface area contributed by atoms with Gasteiger partial charge in [-0.15, -0.1) is 0 Å². The van der Waals surface area contributed by atoms with Crippen molar-refractivity contribution >= 4 is 5.82 Å². The van der Waals surface area contributed by atoms with Crippen LogP contribution in [0.2, 0.25) is 0 Å². The first-order chi connectivity index (χ1) is 9.69. The second-order valence-corrected chi connectivity index (χ2v) is 5.57. The molecule has 1 N–H and O–H groups in total. The van der Waals surface area contributed by atoms with E-state index in [0.717, 1.165) is 32.0 Å². The fourth-order valence-corrected chi connectivity index (χ4v) is 3.00. The first-order valence-electron chi connectivity index (χ1n) is 7.81. The zero-order valence-corrected chi connectivity index (χ0v) is 13.3. The van der Waals surface area contributed by atoms with Crippen LogP contribution < -0.4 is 10.2 Å². The average Bonchev–Trinajstić information content (AvgIpc) is 2.97. The number of anilines is 1. The zero-order valence-electron chi connectivity index (χ0n) is 13.3. The molecular formula is C16H28N4. The molecule has 0 bridgehead atoms. The summed E-state index contributed by atoms with van der Waals surface area (Å²) in [5, 5.41) is 3.25. The highest BCUT2D eigenvalue weighted by Crippen LogP contribution is 2.22. The number of rotatable bonds is 6. The monoisotopic (exact) mass is 276 g/mol. The van der Waals surface area contributed by atoms with Crippen LogP contribution in [0, 0.1) is 0 Å². The predicted molar refractivity (Wildman–Crippen MR) is 85.3 cm³/mol. The molecule has 2 atom stereocenters. The molecule has 0 spiro atoms. The maximum Gasteiger partial charge on any atom is 0.128 e. The Labute approximate surface area is 123 Å². The molecule has 0 aliphatic carbocycles. The molecule has 1 aliphatic rings. The summed E-state index contributed by atoms with van der Waals surface area (Å²) < 4.78 is 0. The molecule has 2 rings (SSSR count). The SMILES string of the molecule is CCN(CC)C1CCN(c2ccc(C(C)NC)cn2)C1. The Bertz CT molecular complexity index is 399. The lowest BCUT2D eigenvalue weighted by Crippen LogP contribution is -2.37. The second-order valence-electron chi connectivity index (χ2n) is 5.57. The molecule has 0 aromatic carbocycles. The molecule has 2 unspecified atom stereocenters. The van der Waals surface area contributed by atoms with E-state index in [9.17, 15) is 0 Å². The number of likely N-dealkylation sites (N-methyl/N-ethyl adjacent to an activating group) is 1. The molecule has 4 nitrogen and oxygen atoms in total. The fraction of sp³-hybridized carbons (Fsp3) is 0.688. The number of hydrogen-bond acceptors (Lipinski definition) is 4. The number of pyridine rings is 1. The highest BCUT2D eigenvalue weighted by molar-refractivity contribution is 5.41. The third-order valence-electron chi connectivity index (χ3n) is 4.52. The summed E-state index contributed by atoms with van der Waals surface area (Å²) in [6.07, 6.45) is 3.25. The van der Waals surface area contributed by atoms with Crippen LogP contribution in [0.1, 0.15) is 38.8 Å². The van der Waals surface area contributed by atoms with Crippen LogP contribution >= 0.6 is 0 Å². The number of nitrogens with zero attached hydrogens (tertiary/aromatic N) is 3. The minimum atomic E-state index is 0.360. The lowest BCUT2D eigenvalue weighted by Gasteiger charge is -2.26. The Morgan fingerprint density at radius 3 is 2.70 bits per heavy atom. The van der Waals surface area contributed by atoms with E-state index in [1.807, 2.05) is 13.2 Å². The van der Waals surface area contributed by atoms with Gasteiger partial charge in [-0.1, -0.05) is 19.9 Å². The van der Waals surface area contributed by atoms with E-state index < -0.39 is 0 Å².